The molecule has 0 radical (unpaired) electrons. The summed E-state index contributed by atoms with van der Waals surface area (Å²) in [7, 11) is 0. The monoisotopic (exact) mass is 391 g/mol. The Morgan fingerprint density at radius 3 is 2.38 bits per heavy atom. The molecule has 0 saturated heterocycles. The standard InChI is InChI=1S/C23H29N5O/c1-5-7-8-11-14-27-21-19(23(29)28(15(3)6-2)16(4)24-21)20-22(27)26-18-13-10-9-12-17(18)25-20/h9-10,12-13,15H,5-8,11,14H2,1-4H3. The van der Waals surface area contributed by atoms with E-state index in [-0.39, 0.29) is 11.6 Å². The molecule has 0 aliphatic carbocycles. The lowest BCUT2D eigenvalue weighted by atomic mass is 10.2. The Morgan fingerprint density at radius 1 is 0.966 bits per heavy atom. The van der Waals surface area contributed by atoms with Crippen LogP contribution in [0.3, 0.4) is 0 Å². The Kier molecular flexibility index (Phi) is 5.35. The normalized spacial score (nSPS) is 13.0. The quantitative estimate of drug-likeness (QED) is 0.408. The van der Waals surface area contributed by atoms with Crippen molar-refractivity contribution >= 4 is 33.2 Å². The smallest absolute Gasteiger partial charge is 0.265 e. The van der Waals surface area contributed by atoms with Crippen LogP contribution in [0.15, 0.2) is 29.1 Å². The minimum atomic E-state index is -0.0104. The maximum absolute atomic E-state index is 13.5. The van der Waals surface area contributed by atoms with Gasteiger partial charge < -0.3 is 4.57 Å². The van der Waals surface area contributed by atoms with Crippen molar-refractivity contribution in [1.29, 1.82) is 0 Å². The van der Waals surface area contributed by atoms with Crippen molar-refractivity contribution in [3.63, 3.8) is 0 Å². The van der Waals surface area contributed by atoms with Gasteiger partial charge in [0, 0.05) is 12.6 Å². The Hall–Kier alpha value is -2.76. The molecule has 152 valence electrons. The topological polar surface area (TPSA) is 65.6 Å². The first-order valence-electron chi connectivity index (χ1n) is 10.7. The Bertz CT molecular complexity index is 1240. The lowest BCUT2D eigenvalue weighted by Gasteiger charge is -2.16. The molecule has 3 aromatic heterocycles. The van der Waals surface area contributed by atoms with Crippen molar-refractivity contribution in [1.82, 2.24) is 24.1 Å². The van der Waals surface area contributed by atoms with Gasteiger partial charge in [0.25, 0.3) is 5.56 Å². The van der Waals surface area contributed by atoms with E-state index >= 15 is 0 Å². The van der Waals surface area contributed by atoms with Crippen molar-refractivity contribution in [3.05, 3.63) is 40.4 Å². The average molecular weight is 392 g/mol. The fourth-order valence-electron chi connectivity index (χ4n) is 4.09. The van der Waals surface area contributed by atoms with E-state index in [0.29, 0.717) is 16.6 Å². The molecule has 3 heterocycles. The largest absolute Gasteiger partial charge is 0.308 e. The molecule has 0 aliphatic rings. The van der Waals surface area contributed by atoms with Crippen LogP contribution in [-0.4, -0.2) is 24.1 Å². The molecule has 0 aliphatic heterocycles. The highest BCUT2D eigenvalue weighted by molar-refractivity contribution is 6.04. The highest BCUT2D eigenvalue weighted by Crippen LogP contribution is 2.27. The van der Waals surface area contributed by atoms with E-state index in [1.165, 1.54) is 12.8 Å². The molecular formula is C23H29N5O. The number of rotatable bonds is 7. The molecule has 0 bridgehead atoms. The fraction of sp³-hybridized carbons (Fsp3) is 0.478. The van der Waals surface area contributed by atoms with Gasteiger partial charge in [-0.1, -0.05) is 45.2 Å². The summed E-state index contributed by atoms with van der Waals surface area (Å²) in [5.74, 6) is 0.749. The zero-order valence-electron chi connectivity index (χ0n) is 17.8. The fourth-order valence-corrected chi connectivity index (χ4v) is 4.09. The van der Waals surface area contributed by atoms with E-state index in [4.69, 9.17) is 15.0 Å². The third-order valence-corrected chi connectivity index (χ3v) is 5.84. The van der Waals surface area contributed by atoms with E-state index in [9.17, 15) is 4.79 Å². The molecule has 0 spiro atoms. The maximum Gasteiger partial charge on any atom is 0.265 e. The molecule has 0 fully saturated rings. The van der Waals surface area contributed by atoms with Crippen LogP contribution in [0.25, 0.3) is 33.2 Å². The lowest BCUT2D eigenvalue weighted by molar-refractivity contribution is 0.496. The van der Waals surface area contributed by atoms with Crippen LogP contribution in [0.5, 0.6) is 0 Å². The summed E-state index contributed by atoms with van der Waals surface area (Å²) in [6.07, 6.45) is 5.46. The molecule has 1 unspecified atom stereocenters. The van der Waals surface area contributed by atoms with Crippen LogP contribution in [0, 0.1) is 6.92 Å². The third-order valence-electron chi connectivity index (χ3n) is 5.84. The van der Waals surface area contributed by atoms with Crippen LogP contribution < -0.4 is 5.56 Å². The van der Waals surface area contributed by atoms with Gasteiger partial charge in [0.1, 0.15) is 16.7 Å². The first kappa shape index (κ1) is 19.6. The number of hydrogen-bond donors (Lipinski definition) is 0. The van der Waals surface area contributed by atoms with Gasteiger partial charge in [-0.25, -0.2) is 15.0 Å². The van der Waals surface area contributed by atoms with Crippen LogP contribution in [-0.2, 0) is 6.54 Å². The van der Waals surface area contributed by atoms with Gasteiger partial charge in [0.2, 0.25) is 0 Å². The number of nitrogens with zero attached hydrogens (tertiary/aromatic N) is 5. The second-order valence-electron chi connectivity index (χ2n) is 7.89. The third kappa shape index (κ3) is 3.30. The molecule has 4 aromatic rings. The van der Waals surface area contributed by atoms with Crippen molar-refractivity contribution in [2.45, 2.75) is 72.4 Å². The van der Waals surface area contributed by atoms with Crippen LogP contribution >= 0.6 is 0 Å². The molecule has 0 saturated carbocycles. The number of unbranched alkanes of at least 4 members (excludes halogenated alkanes) is 3. The number of aryl methyl sites for hydroxylation is 2. The van der Waals surface area contributed by atoms with Crippen LogP contribution in [0.2, 0.25) is 0 Å². The summed E-state index contributed by atoms with van der Waals surface area (Å²) in [5, 5.41) is 0.597. The van der Waals surface area contributed by atoms with Gasteiger partial charge >= 0.3 is 0 Å². The van der Waals surface area contributed by atoms with E-state index in [1.807, 2.05) is 31.2 Å². The van der Waals surface area contributed by atoms with Crippen LogP contribution in [0.4, 0.5) is 0 Å². The van der Waals surface area contributed by atoms with Crippen molar-refractivity contribution in [2.75, 3.05) is 0 Å². The second-order valence-corrected chi connectivity index (χ2v) is 7.89. The molecule has 29 heavy (non-hydrogen) atoms. The molecule has 6 nitrogen and oxygen atoms in total. The summed E-state index contributed by atoms with van der Waals surface area (Å²) >= 11 is 0. The van der Waals surface area contributed by atoms with Gasteiger partial charge in [-0.15, -0.1) is 0 Å². The predicted octanol–water partition coefficient (Wildman–Crippen LogP) is 5.15. The molecule has 0 N–H and O–H groups in total. The Morgan fingerprint density at radius 2 is 1.69 bits per heavy atom. The Balaban J connectivity index is 2.04. The van der Waals surface area contributed by atoms with Crippen molar-refractivity contribution in [3.8, 4) is 0 Å². The summed E-state index contributed by atoms with van der Waals surface area (Å²) in [6.45, 7) is 9.08. The number of fused-ring (bicyclic) bond motifs is 4. The molecule has 1 atom stereocenters. The summed E-state index contributed by atoms with van der Waals surface area (Å²) < 4.78 is 3.91. The van der Waals surface area contributed by atoms with Gasteiger partial charge in [0.15, 0.2) is 11.3 Å². The van der Waals surface area contributed by atoms with Crippen LogP contribution in [0.1, 0.15) is 64.7 Å². The highest BCUT2D eigenvalue weighted by atomic mass is 16.1. The van der Waals surface area contributed by atoms with Crippen molar-refractivity contribution in [2.24, 2.45) is 0 Å². The predicted molar refractivity (Wildman–Crippen MR) is 118 cm³/mol. The SMILES string of the molecule is CCCCCCn1c2nc3ccccc3nc2c2c(=O)n(C(C)CC)c(C)nc21. The maximum atomic E-state index is 13.5. The first-order valence-corrected chi connectivity index (χ1v) is 10.7. The second kappa shape index (κ2) is 7.93. The molecule has 6 heteroatoms. The van der Waals surface area contributed by atoms with Gasteiger partial charge in [-0.3, -0.25) is 9.36 Å². The summed E-state index contributed by atoms with van der Waals surface area (Å²) in [4.78, 5) is 28.2. The van der Waals surface area contributed by atoms with Gasteiger partial charge in [-0.05, 0) is 38.8 Å². The molecular weight excluding hydrogens is 362 g/mol. The lowest BCUT2D eigenvalue weighted by Crippen LogP contribution is -2.26. The minimum Gasteiger partial charge on any atom is -0.308 e. The molecule has 0 amide bonds. The van der Waals surface area contributed by atoms with E-state index in [2.05, 4.69) is 25.3 Å². The van der Waals surface area contributed by atoms with Gasteiger partial charge in [0.05, 0.1) is 11.0 Å². The summed E-state index contributed by atoms with van der Waals surface area (Å²) in [6, 6.07) is 7.93. The highest BCUT2D eigenvalue weighted by Gasteiger charge is 2.22. The molecule has 4 rings (SSSR count). The minimum absolute atomic E-state index is 0.0104. The summed E-state index contributed by atoms with van der Waals surface area (Å²) in [5.41, 5.74) is 3.79. The van der Waals surface area contributed by atoms with E-state index in [1.54, 1.807) is 4.57 Å². The number of benzene rings is 1. The van der Waals surface area contributed by atoms with E-state index in [0.717, 1.165) is 48.3 Å². The zero-order chi connectivity index (χ0) is 20.5. The number of para-hydroxylation sites is 2. The van der Waals surface area contributed by atoms with Crippen molar-refractivity contribution < 1.29 is 0 Å². The van der Waals surface area contributed by atoms with E-state index < -0.39 is 0 Å². The number of aromatic nitrogens is 5. The number of hydrogen-bond acceptors (Lipinski definition) is 4. The average Bonchev–Trinajstić information content (AvgIpc) is 3.01. The Labute approximate surface area is 170 Å². The van der Waals surface area contributed by atoms with Gasteiger partial charge in [-0.2, -0.15) is 0 Å². The molecule has 1 aromatic carbocycles. The zero-order valence-corrected chi connectivity index (χ0v) is 17.8. The first-order chi connectivity index (χ1) is 14.1.